The Morgan fingerprint density at radius 1 is 1.33 bits per heavy atom. The lowest BCUT2D eigenvalue weighted by molar-refractivity contribution is -0.124. The van der Waals surface area contributed by atoms with Gasteiger partial charge in [-0.2, -0.15) is 0 Å². The molecule has 30 heavy (non-hydrogen) atoms. The first-order chi connectivity index (χ1) is 13.8. The van der Waals surface area contributed by atoms with E-state index in [0.717, 1.165) is 36.6 Å². The Morgan fingerprint density at radius 2 is 2.10 bits per heavy atom. The molecule has 2 atom stereocenters. The molecule has 1 aliphatic heterocycles. The Kier molecular flexibility index (Phi) is 11.6. The minimum Gasteiger partial charge on any atom is -0.379 e. The van der Waals surface area contributed by atoms with Gasteiger partial charge in [-0.25, -0.2) is 4.99 Å². The summed E-state index contributed by atoms with van der Waals surface area (Å²) in [6, 6.07) is 7.77. The minimum atomic E-state index is -0.335. The number of hydrogen-bond acceptors (Lipinski definition) is 4. The van der Waals surface area contributed by atoms with Crippen LogP contribution in [0.15, 0.2) is 29.3 Å². The molecule has 1 fully saturated rings. The number of benzene rings is 1. The van der Waals surface area contributed by atoms with Gasteiger partial charge in [-0.3, -0.25) is 4.79 Å². The zero-order valence-electron chi connectivity index (χ0n) is 18.8. The van der Waals surface area contributed by atoms with Crippen molar-refractivity contribution < 1.29 is 14.3 Å². The second-order valence-electron chi connectivity index (χ2n) is 8.36. The summed E-state index contributed by atoms with van der Waals surface area (Å²) in [6.45, 7) is 11.1. The topological polar surface area (TPSA) is 84.0 Å². The van der Waals surface area contributed by atoms with Crippen LogP contribution in [0.1, 0.15) is 46.1 Å². The number of ether oxygens (including phenoxy) is 2. The van der Waals surface area contributed by atoms with Gasteiger partial charge in [-0.1, -0.05) is 32.9 Å². The summed E-state index contributed by atoms with van der Waals surface area (Å²) >= 11 is 0. The second-order valence-corrected chi connectivity index (χ2v) is 8.36. The predicted octanol–water partition coefficient (Wildman–Crippen LogP) is 3.54. The summed E-state index contributed by atoms with van der Waals surface area (Å²) in [5.74, 6) is 0.665. The second kappa shape index (κ2) is 13.1. The molecule has 0 bridgehead atoms. The van der Waals surface area contributed by atoms with Crippen molar-refractivity contribution in [2.75, 3.05) is 32.1 Å². The third-order valence-electron chi connectivity index (χ3n) is 4.89. The quantitative estimate of drug-likeness (QED) is 0.271. The van der Waals surface area contributed by atoms with Crippen molar-refractivity contribution in [1.82, 2.24) is 10.6 Å². The molecule has 1 amide bonds. The maximum absolute atomic E-state index is 12.2. The highest BCUT2D eigenvalue weighted by molar-refractivity contribution is 14.0. The van der Waals surface area contributed by atoms with Crippen LogP contribution < -0.4 is 16.0 Å². The first-order valence-electron chi connectivity index (χ1n) is 10.4. The molecule has 3 N–H and O–H groups in total. The molecule has 0 saturated carbocycles. The lowest BCUT2D eigenvalue weighted by Gasteiger charge is -2.30. The van der Waals surface area contributed by atoms with Crippen molar-refractivity contribution >= 4 is 41.5 Å². The zero-order valence-corrected chi connectivity index (χ0v) is 21.1. The number of amides is 1. The summed E-state index contributed by atoms with van der Waals surface area (Å²) < 4.78 is 11.0. The summed E-state index contributed by atoms with van der Waals surface area (Å²) in [5.41, 5.74) is 1.82. The van der Waals surface area contributed by atoms with Crippen molar-refractivity contribution in [3.63, 3.8) is 0 Å². The Morgan fingerprint density at radius 3 is 2.70 bits per heavy atom. The van der Waals surface area contributed by atoms with E-state index in [4.69, 9.17) is 9.47 Å². The van der Waals surface area contributed by atoms with E-state index in [1.54, 1.807) is 7.11 Å². The van der Waals surface area contributed by atoms with E-state index >= 15 is 0 Å². The van der Waals surface area contributed by atoms with Crippen LogP contribution in [0.2, 0.25) is 0 Å². The number of rotatable bonds is 8. The predicted molar refractivity (Wildman–Crippen MR) is 133 cm³/mol. The molecule has 8 heteroatoms. The lowest BCUT2D eigenvalue weighted by atomic mass is 9.89. The molecule has 170 valence electrons. The van der Waals surface area contributed by atoms with Gasteiger partial charge in [0.15, 0.2) is 5.96 Å². The zero-order chi connectivity index (χ0) is 21.3. The number of guanidine groups is 1. The van der Waals surface area contributed by atoms with Crippen molar-refractivity contribution in [1.29, 1.82) is 0 Å². The van der Waals surface area contributed by atoms with Crippen molar-refractivity contribution in [3.05, 3.63) is 29.8 Å². The number of anilines is 1. The first-order valence-corrected chi connectivity index (χ1v) is 10.4. The average Bonchev–Trinajstić information content (AvgIpc) is 3.20. The third-order valence-corrected chi connectivity index (χ3v) is 4.89. The van der Waals surface area contributed by atoms with Gasteiger partial charge in [0.05, 0.1) is 12.6 Å². The summed E-state index contributed by atoms with van der Waals surface area (Å²) in [4.78, 5) is 16.9. The number of nitrogens with zero attached hydrogens (tertiary/aromatic N) is 1. The lowest BCUT2D eigenvalue weighted by Crippen LogP contribution is -2.45. The van der Waals surface area contributed by atoms with Crippen LogP contribution in [-0.4, -0.2) is 50.9 Å². The maximum Gasteiger partial charge on any atom is 0.253 e. The van der Waals surface area contributed by atoms with Crippen molar-refractivity contribution in [3.8, 4) is 0 Å². The molecule has 0 aliphatic carbocycles. The Hall–Kier alpha value is -1.39. The maximum atomic E-state index is 12.2. The van der Waals surface area contributed by atoms with Gasteiger partial charge >= 0.3 is 0 Å². The van der Waals surface area contributed by atoms with Crippen LogP contribution in [0.5, 0.6) is 0 Å². The molecular formula is C22H37IN4O3. The number of nitrogens with one attached hydrogen (secondary N) is 3. The van der Waals surface area contributed by atoms with E-state index in [9.17, 15) is 4.79 Å². The summed E-state index contributed by atoms with van der Waals surface area (Å²) in [6.07, 6.45) is 1.46. The molecule has 2 rings (SSSR count). The highest BCUT2D eigenvalue weighted by Crippen LogP contribution is 2.21. The van der Waals surface area contributed by atoms with Crippen molar-refractivity contribution in [2.45, 2.75) is 59.3 Å². The van der Waals surface area contributed by atoms with Crippen LogP contribution in [0, 0.1) is 5.41 Å². The first kappa shape index (κ1) is 26.6. The van der Waals surface area contributed by atoms with Gasteiger partial charge in [0, 0.05) is 32.5 Å². The fraction of sp³-hybridized carbons (Fsp3) is 0.636. The van der Waals surface area contributed by atoms with E-state index in [1.807, 2.05) is 31.2 Å². The van der Waals surface area contributed by atoms with Crippen LogP contribution in [0.3, 0.4) is 0 Å². The number of hydrogen-bond donors (Lipinski definition) is 3. The normalized spacial score (nSPS) is 17.8. The largest absolute Gasteiger partial charge is 0.379 e. The van der Waals surface area contributed by atoms with Crippen molar-refractivity contribution in [2.24, 2.45) is 10.4 Å². The average molecular weight is 532 g/mol. The smallest absolute Gasteiger partial charge is 0.253 e. The summed E-state index contributed by atoms with van der Waals surface area (Å²) in [5, 5.41) is 9.57. The summed E-state index contributed by atoms with van der Waals surface area (Å²) in [7, 11) is 1.73. The number of aliphatic imine (C=N–C) groups is 1. The molecule has 1 saturated heterocycles. The molecule has 0 spiro atoms. The number of methoxy groups -OCH3 is 1. The number of carbonyl (C=O) groups excluding carboxylic acids is 1. The fourth-order valence-electron chi connectivity index (χ4n) is 3.20. The molecule has 1 heterocycles. The molecular weight excluding hydrogens is 495 g/mol. The minimum absolute atomic E-state index is 0. The van der Waals surface area contributed by atoms with E-state index < -0.39 is 0 Å². The van der Waals surface area contributed by atoms with E-state index in [0.29, 0.717) is 19.7 Å². The molecule has 0 radical (unpaired) electrons. The highest BCUT2D eigenvalue weighted by Gasteiger charge is 2.24. The Bertz CT molecular complexity index is 685. The fourth-order valence-corrected chi connectivity index (χ4v) is 3.20. The Labute approximate surface area is 197 Å². The molecule has 0 aromatic heterocycles. The SMILES string of the molecule is CCNC(=NCc1cccc(NC(=O)C2CCCO2)c1)NCC(OC)C(C)(C)C.I. The van der Waals surface area contributed by atoms with E-state index in [1.165, 1.54) is 0 Å². The van der Waals surface area contributed by atoms with E-state index in [-0.39, 0.29) is 47.5 Å². The van der Waals surface area contributed by atoms with Crippen LogP contribution in [0.4, 0.5) is 5.69 Å². The van der Waals surface area contributed by atoms with Gasteiger partial charge in [-0.15, -0.1) is 24.0 Å². The monoisotopic (exact) mass is 532 g/mol. The highest BCUT2D eigenvalue weighted by atomic mass is 127. The van der Waals surface area contributed by atoms with Crippen LogP contribution >= 0.6 is 24.0 Å². The molecule has 1 aliphatic rings. The molecule has 2 unspecified atom stereocenters. The van der Waals surface area contributed by atoms with Gasteiger partial charge in [-0.05, 0) is 42.9 Å². The molecule has 1 aromatic rings. The van der Waals surface area contributed by atoms with Gasteiger partial charge in [0.2, 0.25) is 0 Å². The van der Waals surface area contributed by atoms with Gasteiger partial charge in [0.1, 0.15) is 6.10 Å². The third kappa shape index (κ3) is 8.77. The Balaban J connectivity index is 0.00000450. The number of carbonyl (C=O) groups is 1. The molecule has 1 aromatic carbocycles. The standard InChI is InChI=1S/C22H36N4O3.HI/c1-6-23-21(25-15-19(28-5)22(2,3)4)24-14-16-9-7-10-17(13-16)26-20(27)18-11-8-12-29-18;/h7,9-10,13,18-19H,6,8,11-12,14-15H2,1-5H3,(H,26,27)(H2,23,24,25);1H. The van der Waals surface area contributed by atoms with Gasteiger partial charge in [0.25, 0.3) is 5.91 Å². The molecule has 7 nitrogen and oxygen atoms in total. The van der Waals surface area contributed by atoms with Crippen LogP contribution in [0.25, 0.3) is 0 Å². The number of halogens is 1. The van der Waals surface area contributed by atoms with Crippen LogP contribution in [-0.2, 0) is 20.8 Å². The van der Waals surface area contributed by atoms with Gasteiger partial charge < -0.3 is 25.4 Å². The van der Waals surface area contributed by atoms with E-state index in [2.05, 4.69) is 41.7 Å².